The molecule has 0 saturated carbocycles. The van der Waals surface area contributed by atoms with Crippen molar-refractivity contribution in [3.8, 4) is 5.75 Å². The van der Waals surface area contributed by atoms with Gasteiger partial charge in [-0.25, -0.2) is 4.79 Å². The summed E-state index contributed by atoms with van der Waals surface area (Å²) in [4.78, 5) is 18.0. The molecule has 1 aromatic rings. The Balaban J connectivity index is 1.23. The lowest BCUT2D eigenvalue weighted by Crippen LogP contribution is -2.61. The van der Waals surface area contributed by atoms with Gasteiger partial charge in [-0.15, -0.1) is 0 Å². The fourth-order valence-corrected chi connectivity index (χ4v) is 6.41. The summed E-state index contributed by atoms with van der Waals surface area (Å²) in [5.74, 6) is 2.19. The van der Waals surface area contributed by atoms with Crippen molar-refractivity contribution in [1.82, 2.24) is 15.1 Å². The number of amides is 2. The lowest BCUT2D eigenvalue weighted by molar-refractivity contribution is 0.00793. The number of methoxy groups -OCH3 is 1. The van der Waals surface area contributed by atoms with Crippen LogP contribution < -0.4 is 10.1 Å². The number of nitrogens with zero attached hydrogens (tertiary/aromatic N) is 2. The molecule has 5 heteroatoms. The summed E-state index contributed by atoms with van der Waals surface area (Å²) in [5.41, 5.74) is 2.78. The molecule has 0 spiro atoms. The number of rotatable bonds is 4. The van der Waals surface area contributed by atoms with Gasteiger partial charge in [0.05, 0.1) is 13.2 Å². The van der Waals surface area contributed by atoms with Crippen LogP contribution in [0.4, 0.5) is 4.79 Å². The predicted octanol–water partition coefficient (Wildman–Crippen LogP) is 3.84. The van der Waals surface area contributed by atoms with Gasteiger partial charge in [0.15, 0.2) is 0 Å². The van der Waals surface area contributed by atoms with Crippen LogP contribution in [0.5, 0.6) is 5.75 Å². The molecule has 0 aromatic heterocycles. The van der Waals surface area contributed by atoms with Gasteiger partial charge in [-0.05, 0) is 74.6 Å². The maximum Gasteiger partial charge on any atom is 0.317 e. The molecule has 2 bridgehead atoms. The first-order chi connectivity index (χ1) is 14.7. The average molecular weight is 410 g/mol. The molecular weight excluding hydrogens is 374 g/mol. The molecule has 5 rings (SSSR count). The highest BCUT2D eigenvalue weighted by atomic mass is 16.5. The molecule has 3 saturated heterocycles. The van der Waals surface area contributed by atoms with Gasteiger partial charge in [0.25, 0.3) is 0 Å². The number of benzene rings is 1. The fraction of sp³-hybridized carbons (Fsp3) is 0.640. The zero-order valence-corrected chi connectivity index (χ0v) is 18.2. The third-order valence-corrected chi connectivity index (χ3v) is 7.77. The van der Waals surface area contributed by atoms with Crippen molar-refractivity contribution in [1.29, 1.82) is 0 Å². The monoisotopic (exact) mass is 409 g/mol. The molecule has 3 fully saturated rings. The van der Waals surface area contributed by atoms with Gasteiger partial charge in [-0.2, -0.15) is 0 Å². The third-order valence-electron chi connectivity index (χ3n) is 7.77. The van der Waals surface area contributed by atoms with Crippen molar-refractivity contribution in [3.05, 3.63) is 41.5 Å². The molecule has 4 aliphatic rings. The molecular formula is C25H35N3O2. The van der Waals surface area contributed by atoms with Crippen LogP contribution in [0.25, 0.3) is 0 Å². The Morgan fingerprint density at radius 3 is 2.87 bits per heavy atom. The van der Waals surface area contributed by atoms with Gasteiger partial charge in [-0.1, -0.05) is 30.2 Å². The Morgan fingerprint density at radius 1 is 1.17 bits per heavy atom. The van der Waals surface area contributed by atoms with E-state index in [0.29, 0.717) is 24.4 Å². The van der Waals surface area contributed by atoms with E-state index in [9.17, 15) is 4.79 Å². The Kier molecular flexibility index (Phi) is 5.72. The molecule has 5 nitrogen and oxygen atoms in total. The number of fused-ring (bicyclic) bond motifs is 6. The molecule has 162 valence electrons. The topological polar surface area (TPSA) is 44.8 Å². The fourth-order valence-electron chi connectivity index (χ4n) is 6.41. The predicted molar refractivity (Wildman–Crippen MR) is 119 cm³/mol. The molecule has 3 aliphatic heterocycles. The highest BCUT2D eigenvalue weighted by molar-refractivity contribution is 5.75. The minimum atomic E-state index is 0.123. The van der Waals surface area contributed by atoms with Crippen LogP contribution in [0.1, 0.15) is 44.1 Å². The van der Waals surface area contributed by atoms with Gasteiger partial charge in [0, 0.05) is 25.7 Å². The first-order valence-corrected chi connectivity index (χ1v) is 11.8. The van der Waals surface area contributed by atoms with Gasteiger partial charge in [0.1, 0.15) is 5.75 Å². The lowest BCUT2D eigenvalue weighted by atomic mass is 9.68. The van der Waals surface area contributed by atoms with Crippen molar-refractivity contribution in [2.45, 2.75) is 57.0 Å². The standard InChI is InChI=1S/C25H35N3O2/c1-30-22-9-7-18(8-10-22)11-12-26-25(29)28-14-4-5-19-15-20-16-21(24(19)28)17-27-13-3-2-6-23(20)27/h7-10,15,20-21,23-24H,2-6,11-14,16-17H2,1H3,(H,26,29)/t20?,21?,23-,24-/m1/s1. The van der Waals surface area contributed by atoms with E-state index in [1.165, 1.54) is 50.8 Å². The van der Waals surface area contributed by atoms with E-state index >= 15 is 0 Å². The van der Waals surface area contributed by atoms with E-state index in [1.807, 2.05) is 12.1 Å². The molecule has 0 radical (unpaired) electrons. The lowest BCUT2D eigenvalue weighted by Gasteiger charge is -2.54. The van der Waals surface area contributed by atoms with E-state index in [2.05, 4.69) is 33.3 Å². The summed E-state index contributed by atoms with van der Waals surface area (Å²) < 4.78 is 5.22. The largest absolute Gasteiger partial charge is 0.497 e. The van der Waals surface area contributed by atoms with Crippen LogP contribution in [-0.2, 0) is 6.42 Å². The summed E-state index contributed by atoms with van der Waals surface area (Å²) in [5, 5.41) is 3.21. The van der Waals surface area contributed by atoms with Gasteiger partial charge in [0.2, 0.25) is 0 Å². The maximum atomic E-state index is 13.1. The third kappa shape index (κ3) is 3.84. The van der Waals surface area contributed by atoms with E-state index in [4.69, 9.17) is 4.74 Å². The maximum absolute atomic E-state index is 13.1. The van der Waals surface area contributed by atoms with Gasteiger partial charge >= 0.3 is 6.03 Å². The molecule has 1 aliphatic carbocycles. The van der Waals surface area contributed by atoms with Crippen LogP contribution in [0.3, 0.4) is 0 Å². The second-order valence-electron chi connectivity index (χ2n) is 9.53. The quantitative estimate of drug-likeness (QED) is 0.769. The Morgan fingerprint density at radius 2 is 2.03 bits per heavy atom. The number of carbonyl (C=O) groups excluding carboxylic acids is 1. The Bertz CT molecular complexity index is 790. The number of carbonyl (C=O) groups is 1. The summed E-state index contributed by atoms with van der Waals surface area (Å²) in [6, 6.07) is 9.31. The minimum Gasteiger partial charge on any atom is -0.497 e. The molecule has 4 atom stereocenters. The number of likely N-dealkylation sites (tertiary alicyclic amines) is 1. The first kappa shape index (κ1) is 19.9. The van der Waals surface area contributed by atoms with Crippen LogP contribution >= 0.6 is 0 Å². The number of ether oxygens (including phenoxy) is 1. The minimum absolute atomic E-state index is 0.123. The van der Waals surface area contributed by atoms with Crippen LogP contribution in [0.2, 0.25) is 0 Å². The van der Waals surface area contributed by atoms with Gasteiger partial charge < -0.3 is 15.0 Å². The van der Waals surface area contributed by atoms with Crippen molar-refractivity contribution in [2.24, 2.45) is 11.8 Å². The zero-order chi connectivity index (χ0) is 20.5. The molecule has 3 heterocycles. The normalized spacial score (nSPS) is 30.7. The van der Waals surface area contributed by atoms with Crippen LogP contribution in [-0.4, -0.2) is 61.2 Å². The molecule has 2 amide bonds. The molecule has 2 unspecified atom stereocenters. The summed E-state index contributed by atoms with van der Waals surface area (Å²) in [6.45, 7) is 4.00. The molecule has 30 heavy (non-hydrogen) atoms. The smallest absolute Gasteiger partial charge is 0.317 e. The van der Waals surface area contributed by atoms with Gasteiger partial charge in [-0.3, -0.25) is 4.90 Å². The van der Waals surface area contributed by atoms with E-state index in [-0.39, 0.29) is 6.03 Å². The highest BCUT2D eigenvalue weighted by Crippen LogP contribution is 2.44. The number of hydrogen-bond acceptors (Lipinski definition) is 3. The van der Waals surface area contributed by atoms with E-state index in [0.717, 1.165) is 31.2 Å². The molecule has 1 aromatic carbocycles. The number of hydrogen-bond donors (Lipinski definition) is 1. The second kappa shape index (κ2) is 8.62. The summed E-state index contributed by atoms with van der Waals surface area (Å²) >= 11 is 0. The number of nitrogens with one attached hydrogen (secondary N) is 1. The number of urea groups is 1. The first-order valence-electron chi connectivity index (χ1n) is 11.8. The van der Waals surface area contributed by atoms with Crippen molar-refractivity contribution in [3.63, 3.8) is 0 Å². The summed E-state index contributed by atoms with van der Waals surface area (Å²) in [7, 11) is 1.68. The second-order valence-corrected chi connectivity index (χ2v) is 9.53. The van der Waals surface area contributed by atoms with Crippen molar-refractivity contribution < 1.29 is 9.53 Å². The Hall–Kier alpha value is -2.01. The van der Waals surface area contributed by atoms with Crippen molar-refractivity contribution in [2.75, 3.05) is 33.3 Å². The Labute approximate surface area is 180 Å². The summed E-state index contributed by atoms with van der Waals surface area (Å²) in [6.07, 6.45) is 11.1. The zero-order valence-electron chi connectivity index (χ0n) is 18.2. The number of piperidine rings is 3. The SMILES string of the molecule is COc1ccc(CCNC(=O)N2CCCC3=CC4CC(CN5CCCC[C@H]45)[C@@H]32)cc1. The van der Waals surface area contributed by atoms with Crippen molar-refractivity contribution >= 4 is 6.03 Å². The highest BCUT2D eigenvalue weighted by Gasteiger charge is 2.46. The average Bonchev–Trinajstić information content (AvgIpc) is 2.79. The van der Waals surface area contributed by atoms with Crippen LogP contribution in [0.15, 0.2) is 35.9 Å². The van der Waals surface area contributed by atoms with E-state index < -0.39 is 0 Å². The van der Waals surface area contributed by atoms with Crippen LogP contribution in [0, 0.1) is 11.8 Å². The van der Waals surface area contributed by atoms with E-state index in [1.54, 1.807) is 12.7 Å². The molecule has 1 N–H and O–H groups in total.